The number of aromatic nitrogens is 3. The number of hydrogen-bond donors (Lipinski definition) is 1. The number of fused-ring (bicyclic) bond motifs is 1. The van der Waals surface area contributed by atoms with Crippen molar-refractivity contribution in [1.29, 1.82) is 0 Å². The van der Waals surface area contributed by atoms with Gasteiger partial charge in [0.2, 0.25) is 0 Å². The molecule has 0 saturated carbocycles. The molecular weight excluding hydrogens is 288 g/mol. The van der Waals surface area contributed by atoms with Crippen LogP contribution in [0.1, 0.15) is 18.0 Å². The van der Waals surface area contributed by atoms with Crippen molar-refractivity contribution >= 4 is 34.6 Å². The molecule has 0 aliphatic rings. The molecule has 1 unspecified atom stereocenters. The van der Waals surface area contributed by atoms with Crippen LogP contribution in [0.4, 0.5) is 8.78 Å². The molecule has 0 aliphatic carbocycles. The molecule has 3 nitrogen and oxygen atoms in total. The summed E-state index contributed by atoms with van der Waals surface area (Å²) >= 11 is 6.68. The van der Waals surface area contributed by atoms with Crippen LogP contribution in [-0.2, 0) is 0 Å². The van der Waals surface area contributed by atoms with Crippen molar-refractivity contribution in [1.82, 2.24) is 14.5 Å². The van der Waals surface area contributed by atoms with Crippen LogP contribution >= 0.6 is 23.6 Å². The van der Waals surface area contributed by atoms with Crippen molar-refractivity contribution in [3.8, 4) is 0 Å². The van der Waals surface area contributed by atoms with E-state index >= 15 is 0 Å². The molecular formula is C12H9F2N3S2. The molecule has 0 spiro atoms. The van der Waals surface area contributed by atoms with Gasteiger partial charge in [-0.15, -0.1) is 11.3 Å². The Kier molecular flexibility index (Phi) is 2.94. The number of nitrogens with one attached hydrogen (secondary N) is 1. The molecule has 0 aliphatic heterocycles. The summed E-state index contributed by atoms with van der Waals surface area (Å²) in [4.78, 5) is 6.99. The highest BCUT2D eigenvalue weighted by Gasteiger charge is 2.17. The van der Waals surface area contributed by atoms with Gasteiger partial charge in [-0.2, -0.15) is 0 Å². The Morgan fingerprint density at radius 2 is 2.21 bits per heavy atom. The van der Waals surface area contributed by atoms with E-state index in [1.807, 2.05) is 12.3 Å². The molecule has 3 rings (SSSR count). The third kappa shape index (κ3) is 1.98. The van der Waals surface area contributed by atoms with E-state index in [9.17, 15) is 8.78 Å². The first-order chi connectivity index (χ1) is 9.08. The lowest BCUT2D eigenvalue weighted by molar-refractivity contribution is 0.588. The first kappa shape index (κ1) is 12.4. The monoisotopic (exact) mass is 297 g/mol. The summed E-state index contributed by atoms with van der Waals surface area (Å²) in [7, 11) is 0. The average Bonchev–Trinajstić information content (AvgIpc) is 2.95. The topological polar surface area (TPSA) is 33.6 Å². The Balaban J connectivity index is 2.29. The Morgan fingerprint density at radius 1 is 1.42 bits per heavy atom. The van der Waals surface area contributed by atoms with Crippen LogP contribution in [0.3, 0.4) is 0 Å². The lowest BCUT2D eigenvalue weighted by Gasteiger charge is -2.11. The predicted octanol–water partition coefficient (Wildman–Crippen LogP) is 4.04. The lowest BCUT2D eigenvalue weighted by Crippen LogP contribution is -2.06. The minimum absolute atomic E-state index is 0.178. The zero-order valence-electron chi connectivity index (χ0n) is 9.85. The minimum atomic E-state index is -0.647. The SMILES string of the molecule is CC(c1nccs1)n1c(=S)[nH]c2c(F)cc(F)cc21. The van der Waals surface area contributed by atoms with E-state index < -0.39 is 11.6 Å². The highest BCUT2D eigenvalue weighted by atomic mass is 32.1. The fourth-order valence-electron chi connectivity index (χ4n) is 2.09. The Bertz CT molecular complexity index is 789. The third-order valence-electron chi connectivity index (χ3n) is 2.94. The molecule has 0 bridgehead atoms. The zero-order chi connectivity index (χ0) is 13.6. The number of hydrogen-bond acceptors (Lipinski definition) is 3. The Hall–Kier alpha value is -1.60. The predicted molar refractivity (Wildman–Crippen MR) is 73.0 cm³/mol. The van der Waals surface area contributed by atoms with Gasteiger partial charge in [0.15, 0.2) is 10.6 Å². The van der Waals surface area contributed by atoms with Crippen molar-refractivity contribution in [2.45, 2.75) is 13.0 Å². The van der Waals surface area contributed by atoms with Gasteiger partial charge in [-0.25, -0.2) is 13.8 Å². The van der Waals surface area contributed by atoms with Crippen LogP contribution in [0.25, 0.3) is 11.0 Å². The summed E-state index contributed by atoms with van der Waals surface area (Å²) in [5.41, 5.74) is 0.625. The van der Waals surface area contributed by atoms with Crippen LogP contribution in [0.2, 0.25) is 0 Å². The molecule has 19 heavy (non-hydrogen) atoms. The first-order valence-electron chi connectivity index (χ1n) is 5.56. The fraction of sp³-hybridized carbons (Fsp3) is 0.167. The second-order valence-electron chi connectivity index (χ2n) is 4.13. The molecule has 7 heteroatoms. The van der Waals surface area contributed by atoms with Crippen LogP contribution in [-0.4, -0.2) is 14.5 Å². The first-order valence-corrected chi connectivity index (χ1v) is 6.85. The lowest BCUT2D eigenvalue weighted by atomic mass is 10.2. The minimum Gasteiger partial charge on any atom is -0.328 e. The molecule has 2 aromatic heterocycles. The van der Waals surface area contributed by atoms with Crippen molar-refractivity contribution < 1.29 is 8.78 Å². The molecule has 0 radical (unpaired) electrons. The van der Waals surface area contributed by atoms with Gasteiger partial charge in [-0.1, -0.05) is 0 Å². The molecule has 0 amide bonds. The normalized spacial score (nSPS) is 13.0. The number of halogens is 2. The van der Waals surface area contributed by atoms with E-state index in [4.69, 9.17) is 12.2 Å². The van der Waals surface area contributed by atoms with E-state index in [0.717, 1.165) is 11.1 Å². The Morgan fingerprint density at radius 3 is 2.89 bits per heavy atom. The maximum Gasteiger partial charge on any atom is 0.178 e. The third-order valence-corrected chi connectivity index (χ3v) is 4.19. The van der Waals surface area contributed by atoms with Crippen LogP contribution in [0, 0.1) is 16.4 Å². The van der Waals surface area contributed by atoms with Gasteiger partial charge in [0.05, 0.1) is 11.6 Å². The maximum atomic E-state index is 13.7. The average molecular weight is 297 g/mol. The van der Waals surface area contributed by atoms with Crippen molar-refractivity contribution in [2.24, 2.45) is 0 Å². The van der Waals surface area contributed by atoms with Crippen LogP contribution < -0.4 is 0 Å². The summed E-state index contributed by atoms with van der Waals surface area (Å²) in [5.74, 6) is -1.27. The number of aromatic amines is 1. The Labute approximate surface area is 116 Å². The van der Waals surface area contributed by atoms with Crippen molar-refractivity contribution in [3.05, 3.63) is 45.1 Å². The molecule has 1 aromatic carbocycles. The zero-order valence-corrected chi connectivity index (χ0v) is 11.5. The largest absolute Gasteiger partial charge is 0.328 e. The summed E-state index contributed by atoms with van der Waals surface area (Å²) in [6.45, 7) is 1.89. The molecule has 0 saturated heterocycles. The van der Waals surface area contributed by atoms with Gasteiger partial charge in [-0.05, 0) is 25.2 Å². The number of nitrogens with zero attached hydrogens (tertiary/aromatic N) is 2. The number of thiazole rings is 1. The quantitative estimate of drug-likeness (QED) is 0.724. The summed E-state index contributed by atoms with van der Waals surface area (Å²) in [6.07, 6.45) is 1.69. The van der Waals surface area contributed by atoms with Gasteiger partial charge in [0.25, 0.3) is 0 Å². The van der Waals surface area contributed by atoms with Gasteiger partial charge in [-0.3, -0.25) is 0 Å². The van der Waals surface area contributed by atoms with Crippen LogP contribution in [0.5, 0.6) is 0 Å². The van der Waals surface area contributed by atoms with E-state index in [1.165, 1.54) is 17.4 Å². The fourth-order valence-corrected chi connectivity index (χ4v) is 3.13. The smallest absolute Gasteiger partial charge is 0.178 e. The molecule has 98 valence electrons. The maximum absolute atomic E-state index is 13.7. The molecule has 1 N–H and O–H groups in total. The van der Waals surface area contributed by atoms with Crippen molar-refractivity contribution in [3.63, 3.8) is 0 Å². The molecule has 1 atom stereocenters. The number of benzene rings is 1. The van der Waals surface area contributed by atoms with E-state index in [1.54, 1.807) is 10.8 Å². The number of rotatable bonds is 2. The second kappa shape index (κ2) is 4.50. The highest BCUT2D eigenvalue weighted by Crippen LogP contribution is 2.27. The van der Waals surface area contributed by atoms with Gasteiger partial charge >= 0.3 is 0 Å². The highest BCUT2D eigenvalue weighted by molar-refractivity contribution is 7.71. The number of H-pyrrole nitrogens is 1. The van der Waals surface area contributed by atoms with E-state index in [-0.39, 0.29) is 11.6 Å². The summed E-state index contributed by atoms with van der Waals surface area (Å²) < 4.78 is 29.1. The summed E-state index contributed by atoms with van der Waals surface area (Å²) in [6, 6.07) is 1.93. The van der Waals surface area contributed by atoms with E-state index in [2.05, 4.69) is 9.97 Å². The van der Waals surface area contributed by atoms with Crippen molar-refractivity contribution in [2.75, 3.05) is 0 Å². The van der Waals surface area contributed by atoms with E-state index in [0.29, 0.717) is 10.3 Å². The number of imidazole rings is 1. The standard InChI is InChI=1S/C12H9F2N3S2/c1-6(11-15-2-3-19-11)17-9-5-7(13)4-8(14)10(9)16-12(17)18/h2-6H,1H3,(H,16,18). The molecule has 3 aromatic rings. The van der Waals surface area contributed by atoms with Crippen LogP contribution in [0.15, 0.2) is 23.7 Å². The second-order valence-corrected chi connectivity index (χ2v) is 5.44. The summed E-state index contributed by atoms with van der Waals surface area (Å²) in [5, 5.41) is 2.69. The van der Waals surface area contributed by atoms with Gasteiger partial charge < -0.3 is 9.55 Å². The molecule has 2 heterocycles. The molecule has 0 fully saturated rings. The van der Waals surface area contributed by atoms with Gasteiger partial charge in [0, 0.05) is 17.6 Å². The van der Waals surface area contributed by atoms with Gasteiger partial charge in [0.1, 0.15) is 16.3 Å².